The molecule has 0 unspecified atom stereocenters. The summed E-state index contributed by atoms with van der Waals surface area (Å²) >= 11 is 0. The Hall–Kier alpha value is -4.58. The number of nitrogens with zero attached hydrogens (tertiary/aromatic N) is 2. The van der Waals surface area contributed by atoms with E-state index < -0.39 is 11.1 Å². The van der Waals surface area contributed by atoms with Crippen molar-refractivity contribution >= 4 is 36.7 Å². The highest BCUT2D eigenvalue weighted by atomic mass is 16.5. The molecule has 270 valence electrons. The molecule has 4 aliphatic carbocycles. The highest BCUT2D eigenvalue weighted by molar-refractivity contribution is 6.00. The van der Waals surface area contributed by atoms with E-state index in [1.165, 1.54) is 11.1 Å². The normalized spacial score (nSPS) is 13.4. The molecule has 0 heterocycles. The molecule has 0 aromatic carbocycles. The molecule has 0 spiro atoms. The maximum atomic E-state index is 13.7. The zero-order valence-electron chi connectivity index (χ0n) is 32.5. The Balaban J connectivity index is 1.94. The van der Waals surface area contributed by atoms with Crippen molar-refractivity contribution in [3.8, 4) is 22.3 Å². The van der Waals surface area contributed by atoms with Crippen LogP contribution in [0, 0.1) is 24.3 Å². The van der Waals surface area contributed by atoms with Gasteiger partial charge in [-0.2, -0.15) is 0 Å². The SMILES string of the molecule is CC(=O)CCC(C)(C)/[N+]([O-])=C/c1cc(/C=C/c2cc(/C=[N+](\[O-])C(C)(C)CCC=O)c3cc(C(C)C)ccc(C)c2-3)c2c(C)ccc(C(C)C)cc1-2. The predicted octanol–water partition coefficient (Wildman–Crippen LogP) is 10.7. The quantitative estimate of drug-likeness (QED) is 0.0434. The van der Waals surface area contributed by atoms with E-state index >= 15 is 0 Å². The highest BCUT2D eigenvalue weighted by Crippen LogP contribution is 2.40. The second kappa shape index (κ2) is 15.8. The molecule has 0 amide bonds. The summed E-state index contributed by atoms with van der Waals surface area (Å²) in [6.45, 7) is 21.9. The third-order valence-corrected chi connectivity index (χ3v) is 10.3. The van der Waals surface area contributed by atoms with Crippen LogP contribution < -0.4 is 0 Å². The smallest absolute Gasteiger partial charge is 0.182 e. The van der Waals surface area contributed by atoms with Crippen molar-refractivity contribution in [3.05, 3.63) is 103 Å². The summed E-state index contributed by atoms with van der Waals surface area (Å²) in [4.78, 5) is 22.9. The number of rotatable bonds is 14. The molecule has 6 heteroatoms. The number of fused-ring (bicyclic) bond motifs is 2. The summed E-state index contributed by atoms with van der Waals surface area (Å²) in [5, 5.41) is 27.2. The molecule has 0 radical (unpaired) electrons. The lowest BCUT2D eigenvalue weighted by molar-refractivity contribution is -0.537. The van der Waals surface area contributed by atoms with Crippen molar-refractivity contribution in [1.29, 1.82) is 0 Å². The maximum absolute atomic E-state index is 13.7. The van der Waals surface area contributed by atoms with E-state index in [2.05, 4.69) is 102 Å². The standard InChI is InChI=1S/C45H56N2O4/c1-29(2)34-15-13-31(5)42-36(23-38(40(42)25-34)27-46(50)44(8,9)20-12-22-48)17-18-37-24-39(28-47(51)45(10,11)21-19-33(7)49)41-26-35(30(3)4)16-14-32(6)43(37)41/h13-18,22-30H,12,19-21H2,1-11H3/b18-17+,46-27-,47-28-. The van der Waals surface area contributed by atoms with Gasteiger partial charge in [0.2, 0.25) is 0 Å². The topological polar surface area (TPSA) is 86.3 Å². The van der Waals surface area contributed by atoms with Crippen molar-refractivity contribution in [2.45, 2.75) is 125 Å². The van der Waals surface area contributed by atoms with Gasteiger partial charge < -0.3 is 20.0 Å². The first-order valence-corrected chi connectivity index (χ1v) is 18.2. The number of ketones is 1. The lowest BCUT2D eigenvalue weighted by Crippen LogP contribution is -2.34. The Morgan fingerprint density at radius 3 is 1.47 bits per heavy atom. The van der Waals surface area contributed by atoms with Crippen molar-refractivity contribution in [2.24, 2.45) is 0 Å². The van der Waals surface area contributed by atoms with Crippen LogP contribution in [0.15, 0.2) is 48.5 Å². The van der Waals surface area contributed by atoms with E-state index in [1.54, 1.807) is 19.4 Å². The molecule has 51 heavy (non-hydrogen) atoms. The van der Waals surface area contributed by atoms with Crippen LogP contribution >= 0.6 is 0 Å². The largest absolute Gasteiger partial charge is 0.623 e. The molecular formula is C45H56N2O4. The molecule has 0 N–H and O–H groups in total. The van der Waals surface area contributed by atoms with Crippen LogP contribution in [0.2, 0.25) is 0 Å². The van der Waals surface area contributed by atoms with Crippen molar-refractivity contribution in [1.82, 2.24) is 0 Å². The minimum absolute atomic E-state index is 0.0708. The molecule has 0 aliphatic heterocycles. The van der Waals surface area contributed by atoms with Crippen molar-refractivity contribution < 1.29 is 19.1 Å². The second-order valence-corrected chi connectivity index (χ2v) is 16.1. The van der Waals surface area contributed by atoms with Gasteiger partial charge in [-0.25, -0.2) is 9.48 Å². The summed E-state index contributed by atoms with van der Waals surface area (Å²) in [6, 6.07) is 17.2. The Morgan fingerprint density at radius 1 is 0.686 bits per heavy atom. The first-order valence-electron chi connectivity index (χ1n) is 18.2. The Kier molecular flexibility index (Phi) is 12.1. The van der Waals surface area contributed by atoms with Gasteiger partial charge in [0.15, 0.2) is 23.5 Å². The van der Waals surface area contributed by atoms with Gasteiger partial charge in [0.25, 0.3) is 0 Å². The van der Waals surface area contributed by atoms with Gasteiger partial charge in [0.05, 0.1) is 0 Å². The van der Waals surface area contributed by atoms with E-state index in [1.807, 2.05) is 27.7 Å². The Labute approximate surface area is 305 Å². The molecule has 6 nitrogen and oxygen atoms in total. The molecule has 0 saturated carbocycles. The number of hydrogen-bond acceptors (Lipinski definition) is 4. The van der Waals surface area contributed by atoms with Crippen molar-refractivity contribution in [3.63, 3.8) is 0 Å². The summed E-state index contributed by atoms with van der Waals surface area (Å²) in [5.74, 6) is 0.666. The number of hydroxylamine groups is 2. The first-order chi connectivity index (χ1) is 23.9. The molecular weight excluding hydrogens is 633 g/mol. The summed E-state index contributed by atoms with van der Waals surface area (Å²) in [5.41, 5.74) is 10.9. The zero-order chi connectivity index (χ0) is 37.8. The fourth-order valence-corrected chi connectivity index (χ4v) is 6.56. The van der Waals surface area contributed by atoms with Gasteiger partial charge in [0, 0.05) is 64.5 Å². The fraction of sp³-hybridized carbons (Fsp3) is 0.422. The average Bonchev–Trinajstić information content (AvgIpc) is 3.42. The monoisotopic (exact) mass is 688 g/mol. The fourth-order valence-electron chi connectivity index (χ4n) is 6.56. The molecule has 0 saturated heterocycles. The predicted molar refractivity (Wildman–Crippen MR) is 214 cm³/mol. The van der Waals surface area contributed by atoms with Crippen LogP contribution in [0.3, 0.4) is 0 Å². The van der Waals surface area contributed by atoms with Crippen LogP contribution in [0.4, 0.5) is 0 Å². The minimum atomic E-state index is -0.752. The number of aldehydes is 1. The van der Waals surface area contributed by atoms with Gasteiger partial charge in [-0.15, -0.1) is 0 Å². The Morgan fingerprint density at radius 2 is 1.10 bits per heavy atom. The van der Waals surface area contributed by atoms with E-state index in [0.29, 0.717) is 37.5 Å². The van der Waals surface area contributed by atoms with E-state index in [4.69, 9.17) is 0 Å². The van der Waals surface area contributed by atoms with Crippen molar-refractivity contribution in [2.75, 3.05) is 0 Å². The molecule has 0 fully saturated rings. The molecule has 0 bridgehead atoms. The van der Waals surface area contributed by atoms with Gasteiger partial charge in [0.1, 0.15) is 12.1 Å². The zero-order valence-corrected chi connectivity index (χ0v) is 32.5. The van der Waals surface area contributed by atoms with E-state index in [0.717, 1.165) is 71.4 Å². The average molecular weight is 689 g/mol. The number of carbonyl (C=O) groups excluding carboxylic acids is 2. The number of aryl methyl sites for hydroxylation is 2. The lowest BCUT2D eigenvalue weighted by Gasteiger charge is -2.23. The van der Waals surface area contributed by atoms with Crippen LogP contribution in [-0.2, 0) is 9.59 Å². The van der Waals surface area contributed by atoms with Gasteiger partial charge >= 0.3 is 0 Å². The third-order valence-electron chi connectivity index (χ3n) is 10.3. The molecule has 4 aliphatic rings. The van der Waals surface area contributed by atoms with Gasteiger partial charge in [-0.1, -0.05) is 76.2 Å². The summed E-state index contributed by atoms with van der Waals surface area (Å²) in [7, 11) is 0. The van der Waals surface area contributed by atoms with Crippen LogP contribution in [0.1, 0.15) is 144 Å². The highest BCUT2D eigenvalue weighted by Gasteiger charge is 2.29. The lowest BCUT2D eigenvalue weighted by atomic mass is 9.97. The van der Waals surface area contributed by atoms with Gasteiger partial charge in [-0.05, 0) is 100 Å². The van der Waals surface area contributed by atoms with Gasteiger partial charge in [-0.3, -0.25) is 0 Å². The Bertz CT molecular complexity index is 1940. The first kappa shape index (κ1) is 39.2. The minimum Gasteiger partial charge on any atom is -0.623 e. The summed E-state index contributed by atoms with van der Waals surface area (Å²) in [6.07, 6.45) is 10.1. The third kappa shape index (κ3) is 9.02. The number of carbonyl (C=O) groups is 2. The van der Waals surface area contributed by atoms with E-state index in [9.17, 15) is 20.0 Å². The number of hydrogen-bond donors (Lipinski definition) is 0. The van der Waals surface area contributed by atoms with Crippen LogP contribution in [0.25, 0.3) is 34.4 Å². The number of Topliss-reactive ketones (excluding diaryl/α,β-unsaturated/α-hetero) is 1. The molecule has 4 rings (SSSR count). The van der Waals surface area contributed by atoms with Crippen LogP contribution in [0.5, 0.6) is 0 Å². The molecule has 0 aromatic heterocycles. The van der Waals surface area contributed by atoms with E-state index in [-0.39, 0.29) is 5.78 Å². The maximum Gasteiger partial charge on any atom is 0.182 e. The van der Waals surface area contributed by atoms with Crippen LogP contribution in [-0.4, -0.2) is 45.1 Å². The second-order valence-electron chi connectivity index (χ2n) is 16.1. The molecule has 0 aromatic rings. The molecule has 0 atom stereocenters. The summed E-state index contributed by atoms with van der Waals surface area (Å²) < 4.78 is 1.99.